The van der Waals surface area contributed by atoms with Crippen molar-refractivity contribution < 1.29 is 33.3 Å². The Morgan fingerprint density at radius 1 is 0.564 bits per heavy atom. The van der Waals surface area contributed by atoms with E-state index in [1.807, 2.05) is 98.2 Å². The molecule has 2 amide bonds. The fourth-order valence-electron chi connectivity index (χ4n) is 10.3. The first-order valence-corrected chi connectivity index (χ1v) is 29.4. The van der Waals surface area contributed by atoms with Crippen molar-refractivity contribution in [1.29, 1.82) is 0 Å². The Balaban J connectivity index is 0.000000226. The van der Waals surface area contributed by atoms with Crippen molar-refractivity contribution in [2.75, 3.05) is 72.9 Å². The SMILES string of the molecule is CC(C)COC(=O)N1CCc2c([nH]c3ccc(Cl)cc23)C1c1ccc(OCCCCCCNC(C)C)cc1.COCCCNCCCCCCOc1ccc(C2c3[nH]c4ccc(Cl)cc4c3CCN2C(=O)OCC(C)C)cc1. The number of fused-ring (bicyclic) bond motifs is 6. The normalized spacial score (nSPS) is 15.2. The smallest absolute Gasteiger partial charge is 0.410 e. The minimum Gasteiger partial charge on any atom is -0.494 e. The lowest BCUT2D eigenvalue weighted by Gasteiger charge is -2.35. The van der Waals surface area contributed by atoms with Crippen molar-refractivity contribution in [1.82, 2.24) is 30.4 Å². The Hall–Kier alpha value is -5.44. The molecule has 0 saturated heterocycles. The van der Waals surface area contributed by atoms with Gasteiger partial charge in [0.05, 0.1) is 26.4 Å². The third-order valence-corrected chi connectivity index (χ3v) is 14.7. The number of methoxy groups -OCH3 is 1. The summed E-state index contributed by atoms with van der Waals surface area (Å²) in [6, 6.07) is 28.1. The molecule has 15 heteroatoms. The van der Waals surface area contributed by atoms with E-state index in [2.05, 4.69) is 58.7 Å². The van der Waals surface area contributed by atoms with Crippen LogP contribution in [0.25, 0.3) is 21.8 Å². The van der Waals surface area contributed by atoms with Crippen molar-refractivity contribution in [3.8, 4) is 11.5 Å². The molecule has 0 saturated carbocycles. The zero-order valence-corrected chi connectivity index (χ0v) is 48.8. The summed E-state index contributed by atoms with van der Waals surface area (Å²) in [5.74, 6) is 2.25. The highest BCUT2D eigenvalue weighted by molar-refractivity contribution is 6.31. The summed E-state index contributed by atoms with van der Waals surface area (Å²) in [6.07, 6.45) is 11.2. The van der Waals surface area contributed by atoms with Gasteiger partial charge in [-0.2, -0.15) is 0 Å². The molecule has 2 aliphatic heterocycles. The number of rotatable bonds is 27. The Morgan fingerprint density at radius 3 is 1.44 bits per heavy atom. The molecule has 0 spiro atoms. The van der Waals surface area contributed by atoms with E-state index >= 15 is 0 Å². The molecule has 0 fully saturated rings. The maximum Gasteiger partial charge on any atom is 0.410 e. The van der Waals surface area contributed by atoms with Gasteiger partial charge < -0.3 is 44.3 Å². The van der Waals surface area contributed by atoms with Crippen LogP contribution in [0.15, 0.2) is 84.9 Å². The van der Waals surface area contributed by atoms with Gasteiger partial charge in [-0.25, -0.2) is 9.59 Å². The van der Waals surface area contributed by atoms with Crippen LogP contribution < -0.4 is 20.1 Å². The molecule has 4 aromatic carbocycles. The molecular weight excluding hydrogens is 1020 g/mol. The minimum absolute atomic E-state index is 0.266. The third kappa shape index (κ3) is 17.3. The van der Waals surface area contributed by atoms with E-state index in [4.69, 9.17) is 46.9 Å². The van der Waals surface area contributed by atoms with Gasteiger partial charge in [0, 0.05) is 76.1 Å². The predicted molar refractivity (Wildman–Crippen MR) is 317 cm³/mol. The lowest BCUT2D eigenvalue weighted by molar-refractivity contribution is 0.0791. The van der Waals surface area contributed by atoms with Crippen LogP contribution in [0, 0.1) is 11.8 Å². The van der Waals surface area contributed by atoms with E-state index in [9.17, 15) is 9.59 Å². The van der Waals surface area contributed by atoms with E-state index in [-0.39, 0.29) is 36.1 Å². The number of ether oxygens (including phenoxy) is 5. The number of halogens is 2. The molecule has 0 bridgehead atoms. The molecule has 2 atom stereocenters. The first-order chi connectivity index (χ1) is 37.8. The largest absolute Gasteiger partial charge is 0.494 e. The van der Waals surface area contributed by atoms with E-state index in [0.717, 1.165) is 121 Å². The van der Waals surface area contributed by atoms with E-state index in [0.29, 0.717) is 55.6 Å². The average Bonchev–Trinajstić information content (AvgIpc) is 4.19. The summed E-state index contributed by atoms with van der Waals surface area (Å²) in [5, 5.41) is 10.6. The van der Waals surface area contributed by atoms with E-state index in [1.54, 1.807) is 7.11 Å². The summed E-state index contributed by atoms with van der Waals surface area (Å²) in [6.45, 7) is 19.9. The summed E-state index contributed by atoms with van der Waals surface area (Å²) in [5.41, 5.74) is 8.56. The lowest BCUT2D eigenvalue weighted by atomic mass is 9.92. The number of hydrogen-bond acceptors (Lipinski definition) is 9. The van der Waals surface area contributed by atoms with Gasteiger partial charge in [0.15, 0.2) is 0 Å². The maximum absolute atomic E-state index is 13.2. The number of benzene rings is 4. The molecule has 424 valence electrons. The number of hydrogen-bond donors (Lipinski definition) is 4. The summed E-state index contributed by atoms with van der Waals surface area (Å²) >= 11 is 12.6. The Bertz CT molecular complexity index is 2780. The Kier molecular flexibility index (Phi) is 23.8. The zero-order valence-electron chi connectivity index (χ0n) is 47.3. The van der Waals surface area contributed by atoms with Crippen molar-refractivity contribution >= 4 is 57.2 Å². The summed E-state index contributed by atoms with van der Waals surface area (Å²) < 4.78 is 28.4. The molecule has 4 heterocycles. The Labute approximate surface area is 473 Å². The Morgan fingerprint density at radius 2 is 1.00 bits per heavy atom. The number of carbonyl (C=O) groups excluding carboxylic acids is 2. The highest BCUT2D eigenvalue weighted by atomic mass is 35.5. The van der Waals surface area contributed by atoms with Crippen molar-refractivity contribution in [2.24, 2.45) is 11.8 Å². The number of unbranched alkanes of at least 4 members (excludes halogenated alkanes) is 6. The van der Waals surface area contributed by atoms with E-state index < -0.39 is 0 Å². The monoisotopic (exact) mass is 1110 g/mol. The van der Waals surface area contributed by atoms with Gasteiger partial charge in [-0.05, 0) is 159 Å². The number of carbonyl (C=O) groups is 2. The first-order valence-electron chi connectivity index (χ1n) is 28.7. The summed E-state index contributed by atoms with van der Waals surface area (Å²) in [4.78, 5) is 37.2. The van der Waals surface area contributed by atoms with Crippen LogP contribution in [-0.4, -0.2) is 111 Å². The van der Waals surface area contributed by atoms with Gasteiger partial charge in [-0.15, -0.1) is 0 Å². The number of H-pyrrole nitrogens is 2. The molecule has 78 heavy (non-hydrogen) atoms. The molecule has 6 aromatic rings. The molecule has 2 aliphatic rings. The molecule has 8 rings (SSSR count). The molecule has 0 radical (unpaired) electrons. The highest BCUT2D eigenvalue weighted by Crippen LogP contribution is 2.42. The van der Waals surface area contributed by atoms with Gasteiger partial charge in [0.2, 0.25) is 0 Å². The highest BCUT2D eigenvalue weighted by Gasteiger charge is 2.37. The average molecular weight is 1110 g/mol. The second kappa shape index (κ2) is 30.8. The van der Waals surface area contributed by atoms with E-state index in [1.165, 1.54) is 43.2 Å². The quantitative estimate of drug-likeness (QED) is 0.0371. The van der Waals surface area contributed by atoms with Crippen LogP contribution in [0.3, 0.4) is 0 Å². The standard InChI is InChI=1S/C32H44ClN3O4.C31H42ClN3O3/c1-23(2)22-40-32(37)36-18-15-27-28-21-25(33)11-14-29(28)35-30(27)31(36)24-9-12-26(13-10-24)39-20-7-5-4-6-16-34-17-8-19-38-3;1-21(2)20-38-31(36)35-17-15-26-27-19-24(32)11-14-28(27)34-29(26)30(35)23-9-12-25(13-10-23)37-18-8-6-5-7-16-33-22(3)4/h9-14,21,23,31,34-35H,4-8,15-20,22H2,1-3H3;9-14,19,21-22,30,33-34H,5-8,15-18,20H2,1-4H3. The number of amides is 2. The second-order valence-electron chi connectivity index (χ2n) is 21.9. The number of nitrogens with one attached hydrogen (secondary N) is 4. The van der Waals surface area contributed by atoms with Crippen LogP contribution in [0.4, 0.5) is 9.59 Å². The second-order valence-corrected chi connectivity index (χ2v) is 22.8. The molecular formula is C63H86Cl2N6O7. The van der Waals surface area contributed by atoms with Gasteiger partial charge in [-0.3, -0.25) is 9.80 Å². The van der Waals surface area contributed by atoms with Crippen molar-refractivity contribution in [2.45, 2.75) is 130 Å². The van der Waals surface area contributed by atoms with Gasteiger partial charge in [0.25, 0.3) is 0 Å². The molecule has 2 unspecified atom stereocenters. The van der Waals surface area contributed by atoms with Crippen LogP contribution in [0.5, 0.6) is 11.5 Å². The number of aromatic amines is 2. The van der Waals surface area contributed by atoms with Gasteiger partial charge in [0.1, 0.15) is 23.6 Å². The summed E-state index contributed by atoms with van der Waals surface area (Å²) in [7, 11) is 1.74. The molecule has 2 aromatic heterocycles. The van der Waals surface area contributed by atoms with Crippen LogP contribution in [-0.2, 0) is 27.1 Å². The predicted octanol–water partition coefficient (Wildman–Crippen LogP) is 14.6. The lowest BCUT2D eigenvalue weighted by Crippen LogP contribution is -2.41. The molecule has 0 aliphatic carbocycles. The zero-order chi connectivity index (χ0) is 55.4. The van der Waals surface area contributed by atoms with Gasteiger partial charge >= 0.3 is 12.2 Å². The van der Waals surface area contributed by atoms with Crippen molar-refractivity contribution in [3.05, 3.63) is 129 Å². The topological polar surface area (TPSA) is 142 Å². The minimum atomic E-state index is -0.286. The van der Waals surface area contributed by atoms with Crippen LogP contribution >= 0.6 is 23.2 Å². The molecule has 4 N–H and O–H groups in total. The first kappa shape index (κ1) is 60.2. The van der Waals surface area contributed by atoms with Crippen LogP contribution in [0.2, 0.25) is 10.0 Å². The number of nitrogens with zero attached hydrogens (tertiary/aromatic N) is 2. The molecule has 13 nitrogen and oxygen atoms in total. The van der Waals surface area contributed by atoms with Gasteiger partial charge in [-0.1, -0.05) is 115 Å². The third-order valence-electron chi connectivity index (χ3n) is 14.2. The fourth-order valence-corrected chi connectivity index (χ4v) is 10.6. The van der Waals surface area contributed by atoms with Crippen LogP contribution in [0.1, 0.15) is 145 Å². The van der Waals surface area contributed by atoms with Crippen molar-refractivity contribution in [3.63, 3.8) is 0 Å². The maximum atomic E-state index is 13.2. The fraction of sp³-hybridized carbons (Fsp3) is 0.524. The number of aromatic nitrogens is 2.